The van der Waals surface area contributed by atoms with Crippen LogP contribution < -0.4 is 5.32 Å². The molecular weight excluding hydrogens is 266 g/mol. The van der Waals surface area contributed by atoms with Gasteiger partial charge in [-0.15, -0.1) is 11.6 Å². The first-order valence-corrected chi connectivity index (χ1v) is 8.42. The molecule has 0 spiro atoms. The van der Waals surface area contributed by atoms with Crippen LogP contribution in [0.4, 0.5) is 5.69 Å². The molecule has 1 aromatic carbocycles. The van der Waals surface area contributed by atoms with Crippen LogP contribution in [0.3, 0.4) is 0 Å². The molecule has 2 unspecified atom stereocenters. The fourth-order valence-electron chi connectivity index (χ4n) is 5.50. The number of hydrogen-bond acceptors (Lipinski definition) is 1. The van der Waals surface area contributed by atoms with Crippen LogP contribution in [0.1, 0.15) is 44.1 Å². The van der Waals surface area contributed by atoms with Gasteiger partial charge in [-0.1, -0.05) is 17.7 Å². The number of rotatable bonds is 3. The number of nitrogens with one attached hydrogen (secondary N) is 1. The van der Waals surface area contributed by atoms with E-state index in [-0.39, 0.29) is 4.87 Å². The third-order valence-electron chi connectivity index (χ3n) is 5.83. The zero-order chi connectivity index (χ0) is 13.8. The van der Waals surface area contributed by atoms with Crippen LogP contribution in [-0.2, 0) is 0 Å². The Morgan fingerprint density at radius 2 is 1.75 bits per heavy atom. The smallest absolute Gasteiger partial charge is 0.0458 e. The van der Waals surface area contributed by atoms with Crippen molar-refractivity contribution in [2.45, 2.75) is 50.3 Å². The van der Waals surface area contributed by atoms with Crippen LogP contribution in [0.5, 0.6) is 0 Å². The first-order valence-electron chi connectivity index (χ1n) is 8.04. The number of anilines is 1. The lowest BCUT2D eigenvalue weighted by molar-refractivity contribution is -0.0315. The molecule has 1 nitrogen and oxygen atoms in total. The number of halogens is 1. The summed E-state index contributed by atoms with van der Waals surface area (Å²) in [5, 5.41) is 3.69. The van der Waals surface area contributed by atoms with Gasteiger partial charge in [0.15, 0.2) is 0 Å². The van der Waals surface area contributed by atoms with Gasteiger partial charge in [-0.2, -0.15) is 0 Å². The van der Waals surface area contributed by atoms with Gasteiger partial charge in [0, 0.05) is 17.1 Å². The summed E-state index contributed by atoms with van der Waals surface area (Å²) >= 11 is 6.90. The Morgan fingerprint density at radius 1 is 1.10 bits per heavy atom. The zero-order valence-electron chi connectivity index (χ0n) is 12.3. The molecule has 5 rings (SSSR count). The van der Waals surface area contributed by atoms with Gasteiger partial charge in [-0.05, 0) is 74.8 Å². The highest BCUT2D eigenvalue weighted by atomic mass is 35.5. The average molecular weight is 290 g/mol. The summed E-state index contributed by atoms with van der Waals surface area (Å²) in [5.41, 5.74) is 3.05. The van der Waals surface area contributed by atoms with Gasteiger partial charge in [-0.25, -0.2) is 0 Å². The van der Waals surface area contributed by atoms with Crippen LogP contribution in [0.25, 0.3) is 0 Å². The van der Waals surface area contributed by atoms with E-state index < -0.39 is 0 Å². The maximum absolute atomic E-state index is 6.90. The summed E-state index contributed by atoms with van der Waals surface area (Å²) in [5.74, 6) is 1.79. The Balaban J connectivity index is 1.49. The third kappa shape index (κ3) is 2.24. The number of aryl methyl sites for hydroxylation is 1. The standard InChI is InChI=1S/C18H24ClN/c1-13-2-4-16(5-3-13)20-12-17-7-14-6-15(8-17)10-18(19,9-14)11-17/h2-5,14-15,20H,6-12H2,1H3. The van der Waals surface area contributed by atoms with Gasteiger partial charge < -0.3 is 5.32 Å². The molecule has 1 aromatic rings. The Kier molecular flexibility index (Phi) is 2.86. The van der Waals surface area contributed by atoms with E-state index >= 15 is 0 Å². The molecule has 20 heavy (non-hydrogen) atoms. The number of benzene rings is 1. The molecule has 4 bridgehead atoms. The SMILES string of the molecule is Cc1ccc(NCC23CC4CC(CC(Cl)(C4)C2)C3)cc1. The quantitative estimate of drug-likeness (QED) is 0.774. The van der Waals surface area contributed by atoms with Gasteiger partial charge >= 0.3 is 0 Å². The van der Waals surface area contributed by atoms with Crippen molar-refractivity contribution >= 4 is 17.3 Å². The van der Waals surface area contributed by atoms with E-state index in [4.69, 9.17) is 11.6 Å². The van der Waals surface area contributed by atoms with E-state index in [1.54, 1.807) is 0 Å². The molecule has 0 saturated heterocycles. The molecule has 2 heteroatoms. The largest absolute Gasteiger partial charge is 0.384 e. The van der Waals surface area contributed by atoms with E-state index in [2.05, 4.69) is 36.5 Å². The van der Waals surface area contributed by atoms with Gasteiger partial charge in [-0.3, -0.25) is 0 Å². The van der Waals surface area contributed by atoms with Crippen molar-refractivity contribution < 1.29 is 0 Å². The van der Waals surface area contributed by atoms with Crippen molar-refractivity contribution in [3.63, 3.8) is 0 Å². The molecule has 4 saturated carbocycles. The van der Waals surface area contributed by atoms with Crippen LogP contribution in [0, 0.1) is 24.2 Å². The summed E-state index contributed by atoms with van der Waals surface area (Å²) in [6.07, 6.45) is 8.02. The molecule has 4 aliphatic carbocycles. The lowest BCUT2D eigenvalue weighted by Crippen LogP contribution is -2.55. The maximum atomic E-state index is 6.90. The molecule has 4 fully saturated rings. The van der Waals surface area contributed by atoms with Crippen LogP contribution >= 0.6 is 11.6 Å². The number of hydrogen-bond donors (Lipinski definition) is 1. The molecule has 108 valence electrons. The first kappa shape index (κ1) is 13.0. The first-order chi connectivity index (χ1) is 9.54. The van der Waals surface area contributed by atoms with Gasteiger partial charge in [0.2, 0.25) is 0 Å². The zero-order valence-corrected chi connectivity index (χ0v) is 13.0. The molecule has 0 amide bonds. The molecule has 0 radical (unpaired) electrons. The molecule has 0 aliphatic heterocycles. The Labute approximate surface area is 127 Å². The highest BCUT2D eigenvalue weighted by Gasteiger charge is 2.56. The topological polar surface area (TPSA) is 12.0 Å². The van der Waals surface area contributed by atoms with Crippen molar-refractivity contribution in [3.8, 4) is 0 Å². The minimum atomic E-state index is 0.138. The summed E-state index contributed by atoms with van der Waals surface area (Å²) in [7, 11) is 0. The van der Waals surface area contributed by atoms with E-state index in [0.29, 0.717) is 5.41 Å². The second kappa shape index (κ2) is 4.40. The lowest BCUT2D eigenvalue weighted by Gasteiger charge is -2.60. The van der Waals surface area contributed by atoms with E-state index in [0.717, 1.165) is 18.4 Å². The summed E-state index contributed by atoms with van der Waals surface area (Å²) in [4.78, 5) is 0.138. The van der Waals surface area contributed by atoms with Crippen molar-refractivity contribution in [3.05, 3.63) is 29.8 Å². The Morgan fingerprint density at radius 3 is 2.35 bits per heavy atom. The Hall–Kier alpha value is -0.690. The monoisotopic (exact) mass is 289 g/mol. The highest BCUT2D eigenvalue weighted by Crippen LogP contribution is 2.63. The molecular formula is C18H24ClN. The van der Waals surface area contributed by atoms with Crippen molar-refractivity contribution in [1.29, 1.82) is 0 Å². The second-order valence-corrected chi connectivity index (χ2v) is 8.63. The molecule has 1 N–H and O–H groups in total. The van der Waals surface area contributed by atoms with Crippen LogP contribution in [0.15, 0.2) is 24.3 Å². The van der Waals surface area contributed by atoms with Gasteiger partial charge in [0.25, 0.3) is 0 Å². The third-order valence-corrected chi connectivity index (χ3v) is 6.27. The normalized spacial score (nSPS) is 41.9. The predicted octanol–water partition coefficient (Wildman–Crippen LogP) is 4.98. The van der Waals surface area contributed by atoms with Crippen molar-refractivity contribution in [1.82, 2.24) is 0 Å². The van der Waals surface area contributed by atoms with E-state index in [1.165, 1.54) is 49.8 Å². The molecule has 0 aromatic heterocycles. The highest BCUT2D eigenvalue weighted by molar-refractivity contribution is 6.24. The fourth-order valence-corrected chi connectivity index (χ4v) is 6.22. The molecule has 0 heterocycles. The Bertz CT molecular complexity index is 493. The lowest BCUT2D eigenvalue weighted by atomic mass is 9.49. The van der Waals surface area contributed by atoms with Gasteiger partial charge in [0.05, 0.1) is 0 Å². The van der Waals surface area contributed by atoms with Crippen molar-refractivity contribution in [2.75, 3.05) is 11.9 Å². The van der Waals surface area contributed by atoms with E-state index in [1.807, 2.05) is 0 Å². The summed E-state index contributed by atoms with van der Waals surface area (Å²) < 4.78 is 0. The average Bonchev–Trinajstić information content (AvgIpc) is 2.35. The minimum Gasteiger partial charge on any atom is -0.384 e. The maximum Gasteiger partial charge on any atom is 0.0458 e. The summed E-state index contributed by atoms with van der Waals surface area (Å²) in [6.45, 7) is 3.25. The molecule has 2 atom stereocenters. The van der Waals surface area contributed by atoms with Crippen LogP contribution in [-0.4, -0.2) is 11.4 Å². The van der Waals surface area contributed by atoms with E-state index in [9.17, 15) is 0 Å². The fraction of sp³-hybridized carbons (Fsp3) is 0.667. The predicted molar refractivity (Wildman–Crippen MR) is 85.4 cm³/mol. The minimum absolute atomic E-state index is 0.138. The second-order valence-electron chi connectivity index (χ2n) is 7.83. The molecule has 4 aliphatic rings. The van der Waals surface area contributed by atoms with Crippen LogP contribution in [0.2, 0.25) is 0 Å². The summed E-state index contributed by atoms with van der Waals surface area (Å²) in [6, 6.07) is 8.77. The number of alkyl halides is 1. The van der Waals surface area contributed by atoms with Crippen molar-refractivity contribution in [2.24, 2.45) is 17.3 Å². The van der Waals surface area contributed by atoms with Gasteiger partial charge in [0.1, 0.15) is 0 Å².